The molecule has 8 heteroatoms. The predicted molar refractivity (Wildman–Crippen MR) is 101 cm³/mol. The molecule has 0 aromatic heterocycles. The standard InChI is InChI=1S/C16H22FIN2O3S/c17-16(18,19)8-3-12-23-14-4-6-15(7-5-14)24(21,22)13-11-20-9-1-2-10-20/h3-8H,1-2,9-13,19H2. The topological polar surface area (TPSA) is 72.6 Å². The summed E-state index contributed by atoms with van der Waals surface area (Å²) < 4.78 is 41.2. The molecule has 1 heterocycles. The van der Waals surface area contributed by atoms with E-state index in [-0.39, 0.29) is 12.4 Å². The van der Waals surface area contributed by atoms with Crippen molar-refractivity contribution in [2.24, 2.45) is 5.73 Å². The van der Waals surface area contributed by atoms with Crippen molar-refractivity contribution in [2.75, 3.05) is 32.0 Å². The highest BCUT2D eigenvalue weighted by atomic mass is 127. The van der Waals surface area contributed by atoms with Gasteiger partial charge in [-0.25, -0.2) is 12.8 Å². The van der Waals surface area contributed by atoms with Crippen molar-refractivity contribution < 1.29 is 17.5 Å². The predicted octanol–water partition coefficient (Wildman–Crippen LogP) is 2.51. The van der Waals surface area contributed by atoms with Crippen LogP contribution in [0.5, 0.6) is 5.75 Å². The first kappa shape index (κ1) is 19.6. The van der Waals surface area contributed by atoms with Gasteiger partial charge in [0.2, 0.25) is 3.80 Å². The molecule has 2 N–H and O–H groups in total. The van der Waals surface area contributed by atoms with E-state index in [1.165, 1.54) is 34.7 Å². The average molecular weight is 468 g/mol. The Hall–Kier alpha value is -0.710. The average Bonchev–Trinajstić information content (AvgIpc) is 3.03. The molecule has 1 aliphatic rings. The Bertz CT molecular complexity index is 651. The number of halogens is 2. The van der Waals surface area contributed by atoms with E-state index in [0.29, 0.717) is 17.2 Å². The summed E-state index contributed by atoms with van der Waals surface area (Å²) in [5.41, 5.74) is 5.16. The Balaban J connectivity index is 1.87. The zero-order chi connectivity index (χ0) is 17.6. The van der Waals surface area contributed by atoms with E-state index in [2.05, 4.69) is 4.90 Å². The highest BCUT2D eigenvalue weighted by Crippen LogP contribution is 2.18. The first-order valence-electron chi connectivity index (χ1n) is 7.79. The van der Waals surface area contributed by atoms with Crippen molar-refractivity contribution in [1.29, 1.82) is 0 Å². The molecular weight excluding hydrogens is 446 g/mol. The van der Waals surface area contributed by atoms with Gasteiger partial charge in [0.15, 0.2) is 9.84 Å². The normalized spacial score (nSPS) is 18.8. The number of sulfone groups is 1. The fourth-order valence-electron chi connectivity index (χ4n) is 2.47. The summed E-state index contributed by atoms with van der Waals surface area (Å²) in [6.45, 7) is 2.70. The van der Waals surface area contributed by atoms with Gasteiger partial charge in [-0.2, -0.15) is 0 Å². The number of hydrogen-bond donors (Lipinski definition) is 1. The summed E-state index contributed by atoms with van der Waals surface area (Å²) in [5.74, 6) is 0.647. The van der Waals surface area contributed by atoms with Crippen molar-refractivity contribution in [3.05, 3.63) is 36.4 Å². The van der Waals surface area contributed by atoms with Gasteiger partial charge in [-0.1, -0.05) is 0 Å². The van der Waals surface area contributed by atoms with Crippen LogP contribution in [0.25, 0.3) is 0 Å². The fraction of sp³-hybridized carbons (Fsp3) is 0.500. The van der Waals surface area contributed by atoms with Gasteiger partial charge in [0, 0.05) is 6.54 Å². The minimum Gasteiger partial charge on any atom is -0.490 e. The smallest absolute Gasteiger partial charge is 0.228 e. The number of hydrogen-bond acceptors (Lipinski definition) is 5. The molecule has 0 aliphatic carbocycles. The number of nitrogens with two attached hydrogens (primary N) is 1. The van der Waals surface area contributed by atoms with E-state index in [9.17, 15) is 12.8 Å². The van der Waals surface area contributed by atoms with Gasteiger partial charge in [0.05, 0.1) is 10.6 Å². The van der Waals surface area contributed by atoms with Gasteiger partial charge in [0.25, 0.3) is 0 Å². The maximum atomic E-state index is 13.0. The number of likely N-dealkylation sites (tertiary alicyclic amines) is 1. The number of benzene rings is 1. The van der Waals surface area contributed by atoms with Gasteiger partial charge < -0.3 is 9.64 Å². The van der Waals surface area contributed by atoms with Crippen LogP contribution in [0.3, 0.4) is 0 Å². The first-order chi connectivity index (χ1) is 11.3. The fourth-order valence-corrected chi connectivity index (χ4v) is 4.01. The molecule has 0 spiro atoms. The summed E-state index contributed by atoms with van der Waals surface area (Å²) in [5, 5.41) is 0. The van der Waals surface area contributed by atoms with Crippen LogP contribution in [-0.2, 0) is 9.84 Å². The van der Waals surface area contributed by atoms with E-state index in [4.69, 9.17) is 10.5 Å². The van der Waals surface area contributed by atoms with Crippen LogP contribution >= 0.6 is 22.6 Å². The lowest BCUT2D eigenvalue weighted by Gasteiger charge is -2.14. The molecular formula is C16H22FIN2O3S. The molecule has 0 saturated carbocycles. The molecule has 1 aromatic carbocycles. The third-order valence-electron chi connectivity index (χ3n) is 3.74. The van der Waals surface area contributed by atoms with Crippen LogP contribution in [0.15, 0.2) is 41.3 Å². The van der Waals surface area contributed by atoms with Gasteiger partial charge in [-0.15, -0.1) is 0 Å². The van der Waals surface area contributed by atoms with Crippen LogP contribution in [-0.4, -0.2) is 49.1 Å². The zero-order valence-electron chi connectivity index (χ0n) is 13.3. The number of alkyl halides is 2. The Labute approximate surface area is 156 Å². The lowest BCUT2D eigenvalue weighted by molar-refractivity contribution is 0.355. The van der Waals surface area contributed by atoms with Crippen LogP contribution in [0.1, 0.15) is 12.8 Å². The SMILES string of the molecule is NC(F)(I)C=CCOc1ccc(S(=O)(=O)CCN2CCCC2)cc1. The molecule has 1 aliphatic heterocycles. The monoisotopic (exact) mass is 468 g/mol. The van der Waals surface area contributed by atoms with E-state index >= 15 is 0 Å². The molecule has 2 rings (SSSR count). The van der Waals surface area contributed by atoms with Crippen LogP contribution < -0.4 is 10.5 Å². The second-order valence-electron chi connectivity index (χ2n) is 5.73. The highest BCUT2D eigenvalue weighted by molar-refractivity contribution is 14.1. The molecule has 1 fully saturated rings. The third-order valence-corrected chi connectivity index (χ3v) is 5.81. The van der Waals surface area contributed by atoms with Crippen LogP contribution in [0.4, 0.5) is 4.39 Å². The minimum absolute atomic E-state index is 0.126. The van der Waals surface area contributed by atoms with Crippen molar-refractivity contribution in [2.45, 2.75) is 21.5 Å². The summed E-state index contributed by atoms with van der Waals surface area (Å²) in [6, 6.07) is 6.29. The lowest BCUT2D eigenvalue weighted by Crippen LogP contribution is -2.26. The Morgan fingerprint density at radius 2 is 1.92 bits per heavy atom. The highest BCUT2D eigenvalue weighted by Gasteiger charge is 2.18. The van der Waals surface area contributed by atoms with E-state index in [1.54, 1.807) is 24.3 Å². The lowest BCUT2D eigenvalue weighted by atomic mass is 10.3. The van der Waals surface area contributed by atoms with E-state index in [0.717, 1.165) is 25.9 Å². The van der Waals surface area contributed by atoms with Crippen molar-refractivity contribution >= 4 is 32.4 Å². The van der Waals surface area contributed by atoms with Gasteiger partial charge in [-0.05, 0) is 84.9 Å². The number of nitrogens with zero attached hydrogens (tertiary/aromatic N) is 1. The summed E-state index contributed by atoms with van der Waals surface area (Å²) >= 11 is 1.46. The second-order valence-corrected chi connectivity index (χ2v) is 9.49. The van der Waals surface area contributed by atoms with E-state index in [1.807, 2.05) is 0 Å². The largest absolute Gasteiger partial charge is 0.490 e. The molecule has 5 nitrogen and oxygen atoms in total. The van der Waals surface area contributed by atoms with Crippen LogP contribution in [0.2, 0.25) is 0 Å². The van der Waals surface area contributed by atoms with Crippen LogP contribution in [0, 0.1) is 0 Å². The molecule has 1 atom stereocenters. The van der Waals surface area contributed by atoms with Crippen molar-refractivity contribution in [3.63, 3.8) is 0 Å². The molecule has 1 aromatic rings. The van der Waals surface area contributed by atoms with Gasteiger partial charge in [-0.3, -0.25) is 5.73 Å². The molecule has 134 valence electrons. The summed E-state index contributed by atoms with van der Waals surface area (Å²) in [7, 11) is -3.29. The number of ether oxygens (including phenoxy) is 1. The van der Waals surface area contributed by atoms with Gasteiger partial charge in [0.1, 0.15) is 12.4 Å². The molecule has 0 amide bonds. The Morgan fingerprint density at radius 1 is 1.29 bits per heavy atom. The minimum atomic E-state index is -3.29. The van der Waals surface area contributed by atoms with E-state index < -0.39 is 13.6 Å². The number of rotatable bonds is 8. The Morgan fingerprint density at radius 3 is 2.50 bits per heavy atom. The first-order valence-corrected chi connectivity index (χ1v) is 10.5. The molecule has 24 heavy (non-hydrogen) atoms. The maximum absolute atomic E-state index is 13.0. The summed E-state index contributed by atoms with van der Waals surface area (Å²) in [4.78, 5) is 2.47. The molecule has 1 saturated heterocycles. The molecule has 0 bridgehead atoms. The molecule has 0 radical (unpaired) electrons. The second kappa shape index (κ2) is 8.59. The Kier molecular flexibility index (Phi) is 7.02. The summed E-state index contributed by atoms with van der Waals surface area (Å²) in [6.07, 6.45) is 4.97. The van der Waals surface area contributed by atoms with Gasteiger partial charge >= 0.3 is 0 Å². The van der Waals surface area contributed by atoms with Crippen molar-refractivity contribution in [3.8, 4) is 5.75 Å². The quantitative estimate of drug-likeness (QED) is 0.275. The maximum Gasteiger partial charge on any atom is 0.228 e. The molecule has 1 unspecified atom stereocenters. The zero-order valence-corrected chi connectivity index (χ0v) is 16.3. The third kappa shape index (κ3) is 6.66. The van der Waals surface area contributed by atoms with Crippen molar-refractivity contribution in [1.82, 2.24) is 4.90 Å².